The first-order chi connectivity index (χ1) is 13.5. The molecule has 1 atom stereocenters. The highest BCUT2D eigenvalue weighted by Crippen LogP contribution is 2.18. The summed E-state index contributed by atoms with van der Waals surface area (Å²) in [6.45, 7) is 2.58. The molecule has 1 amide bonds. The maximum atomic E-state index is 12.3. The van der Waals surface area contributed by atoms with Gasteiger partial charge in [0.15, 0.2) is 0 Å². The molecule has 3 rings (SSSR count). The maximum absolute atomic E-state index is 12.3. The Labute approximate surface area is 165 Å². The van der Waals surface area contributed by atoms with Crippen LogP contribution in [0.15, 0.2) is 59.1 Å². The average molecular weight is 378 g/mol. The van der Waals surface area contributed by atoms with Crippen molar-refractivity contribution in [1.29, 1.82) is 0 Å². The molecule has 2 aromatic carbocycles. The van der Waals surface area contributed by atoms with Gasteiger partial charge >= 0.3 is 0 Å². The fraction of sp³-hybridized carbons (Fsp3) is 0.318. The number of likely N-dealkylation sites (N-methyl/N-ethyl adjacent to an activating group) is 1. The molecule has 0 radical (unpaired) electrons. The van der Waals surface area contributed by atoms with Gasteiger partial charge in [0.25, 0.3) is 0 Å². The Morgan fingerprint density at radius 2 is 1.82 bits per heavy atom. The molecule has 1 unspecified atom stereocenters. The SMILES string of the molecule is Cc1ccc(-c2noc(CCC(=O)NCC(c3ccccc3)N(C)C)n2)cc1. The molecular formula is C22H26N4O2. The van der Waals surface area contributed by atoms with Crippen LogP contribution >= 0.6 is 0 Å². The topological polar surface area (TPSA) is 71.3 Å². The van der Waals surface area contributed by atoms with Gasteiger partial charge in [-0.3, -0.25) is 4.79 Å². The number of hydrogen-bond acceptors (Lipinski definition) is 5. The number of amides is 1. The molecule has 1 N–H and O–H groups in total. The van der Waals surface area contributed by atoms with Crippen LogP contribution in [0, 0.1) is 6.92 Å². The minimum absolute atomic E-state index is 0.0298. The third-order valence-electron chi connectivity index (χ3n) is 4.64. The second kappa shape index (κ2) is 9.28. The smallest absolute Gasteiger partial charge is 0.227 e. The van der Waals surface area contributed by atoms with Crippen LogP contribution in [0.3, 0.4) is 0 Å². The lowest BCUT2D eigenvalue weighted by Crippen LogP contribution is -2.34. The molecule has 1 aromatic heterocycles. The quantitative estimate of drug-likeness (QED) is 0.650. The Hall–Kier alpha value is -2.99. The number of nitrogens with zero attached hydrogens (tertiary/aromatic N) is 3. The standard InChI is InChI=1S/C22H26N4O2/c1-16-9-11-18(12-10-16)22-24-21(28-25-22)14-13-20(27)23-15-19(26(2)3)17-7-5-4-6-8-17/h4-12,19H,13-15H2,1-3H3,(H,23,27). The van der Waals surface area contributed by atoms with Crippen molar-refractivity contribution >= 4 is 5.91 Å². The Bertz CT molecular complexity index is 888. The first kappa shape index (κ1) is 19.8. The van der Waals surface area contributed by atoms with Gasteiger partial charge in [0, 0.05) is 24.9 Å². The number of rotatable bonds is 8. The summed E-state index contributed by atoms with van der Waals surface area (Å²) in [6.07, 6.45) is 0.729. The predicted octanol–water partition coefficient (Wildman–Crippen LogP) is 3.40. The van der Waals surface area contributed by atoms with Gasteiger partial charge in [-0.05, 0) is 26.6 Å². The summed E-state index contributed by atoms with van der Waals surface area (Å²) >= 11 is 0. The van der Waals surface area contributed by atoms with Crippen LogP contribution in [0.4, 0.5) is 0 Å². The van der Waals surface area contributed by atoms with E-state index < -0.39 is 0 Å². The molecule has 1 heterocycles. The molecule has 28 heavy (non-hydrogen) atoms. The lowest BCUT2D eigenvalue weighted by Gasteiger charge is -2.25. The van der Waals surface area contributed by atoms with Crippen molar-refractivity contribution in [2.24, 2.45) is 0 Å². The summed E-state index contributed by atoms with van der Waals surface area (Å²) in [5.74, 6) is 0.989. The van der Waals surface area contributed by atoms with Crippen molar-refractivity contribution in [2.75, 3.05) is 20.6 Å². The molecule has 146 valence electrons. The van der Waals surface area contributed by atoms with Crippen molar-refractivity contribution < 1.29 is 9.32 Å². The van der Waals surface area contributed by atoms with Crippen molar-refractivity contribution in [1.82, 2.24) is 20.4 Å². The van der Waals surface area contributed by atoms with Crippen LogP contribution in [-0.2, 0) is 11.2 Å². The third-order valence-corrected chi connectivity index (χ3v) is 4.64. The second-order valence-corrected chi connectivity index (χ2v) is 7.07. The molecular weight excluding hydrogens is 352 g/mol. The summed E-state index contributed by atoms with van der Waals surface area (Å²) < 4.78 is 5.28. The first-order valence-corrected chi connectivity index (χ1v) is 9.40. The number of nitrogens with one attached hydrogen (secondary N) is 1. The van der Waals surface area contributed by atoms with Crippen LogP contribution in [0.5, 0.6) is 0 Å². The molecule has 6 nitrogen and oxygen atoms in total. The van der Waals surface area contributed by atoms with Crippen LogP contribution in [-0.4, -0.2) is 41.6 Å². The van der Waals surface area contributed by atoms with Crippen LogP contribution < -0.4 is 5.32 Å². The van der Waals surface area contributed by atoms with Crippen molar-refractivity contribution in [3.05, 3.63) is 71.6 Å². The molecule has 0 aliphatic carbocycles. The van der Waals surface area contributed by atoms with Crippen molar-refractivity contribution in [3.8, 4) is 11.4 Å². The first-order valence-electron chi connectivity index (χ1n) is 9.40. The predicted molar refractivity (Wildman–Crippen MR) is 109 cm³/mol. The molecule has 3 aromatic rings. The van der Waals surface area contributed by atoms with E-state index in [2.05, 4.69) is 32.5 Å². The number of carbonyl (C=O) groups excluding carboxylic acids is 1. The Morgan fingerprint density at radius 3 is 2.50 bits per heavy atom. The highest BCUT2D eigenvalue weighted by Gasteiger charge is 2.16. The normalized spacial score (nSPS) is 12.1. The summed E-state index contributed by atoms with van der Waals surface area (Å²) in [5.41, 5.74) is 3.25. The van der Waals surface area contributed by atoms with E-state index >= 15 is 0 Å². The molecule has 0 spiro atoms. The van der Waals surface area contributed by atoms with E-state index in [0.29, 0.717) is 31.1 Å². The van der Waals surface area contributed by atoms with E-state index in [1.54, 1.807) is 0 Å². The zero-order valence-corrected chi connectivity index (χ0v) is 16.6. The lowest BCUT2D eigenvalue weighted by atomic mass is 10.1. The third kappa shape index (κ3) is 5.27. The maximum Gasteiger partial charge on any atom is 0.227 e. The monoisotopic (exact) mass is 378 g/mol. The van der Waals surface area contributed by atoms with Gasteiger partial charge in [-0.1, -0.05) is 65.3 Å². The molecule has 0 aliphatic rings. The summed E-state index contributed by atoms with van der Waals surface area (Å²) in [4.78, 5) is 18.8. The number of benzene rings is 2. The van der Waals surface area contributed by atoms with Gasteiger partial charge in [-0.25, -0.2) is 0 Å². The number of aromatic nitrogens is 2. The molecule has 0 bridgehead atoms. The molecule has 0 aliphatic heterocycles. The van der Waals surface area contributed by atoms with Gasteiger partial charge in [0.2, 0.25) is 17.6 Å². The zero-order valence-electron chi connectivity index (χ0n) is 16.6. The average Bonchev–Trinajstić information content (AvgIpc) is 3.17. The Morgan fingerprint density at radius 1 is 1.11 bits per heavy atom. The lowest BCUT2D eigenvalue weighted by molar-refractivity contribution is -0.121. The second-order valence-electron chi connectivity index (χ2n) is 7.07. The van der Waals surface area contributed by atoms with Crippen LogP contribution in [0.2, 0.25) is 0 Å². The van der Waals surface area contributed by atoms with Crippen LogP contribution in [0.1, 0.15) is 29.5 Å². The van der Waals surface area contributed by atoms with E-state index in [1.807, 2.05) is 63.5 Å². The Balaban J connectivity index is 1.51. The highest BCUT2D eigenvalue weighted by atomic mass is 16.5. The summed E-state index contributed by atoms with van der Waals surface area (Å²) in [6, 6.07) is 18.2. The van der Waals surface area contributed by atoms with Gasteiger partial charge in [-0.2, -0.15) is 4.98 Å². The summed E-state index contributed by atoms with van der Waals surface area (Å²) in [7, 11) is 4.02. The molecule has 0 saturated heterocycles. The summed E-state index contributed by atoms with van der Waals surface area (Å²) in [5, 5.41) is 7.01. The van der Waals surface area contributed by atoms with Gasteiger partial charge in [0.05, 0.1) is 6.04 Å². The van der Waals surface area contributed by atoms with Crippen LogP contribution in [0.25, 0.3) is 11.4 Å². The fourth-order valence-electron chi connectivity index (χ4n) is 2.97. The molecule has 0 saturated carbocycles. The largest absolute Gasteiger partial charge is 0.354 e. The minimum Gasteiger partial charge on any atom is -0.354 e. The number of hydrogen-bond donors (Lipinski definition) is 1. The number of carbonyl (C=O) groups is 1. The van der Waals surface area contributed by atoms with Crippen molar-refractivity contribution in [3.63, 3.8) is 0 Å². The van der Waals surface area contributed by atoms with E-state index in [0.717, 1.165) is 5.56 Å². The van der Waals surface area contributed by atoms with E-state index in [-0.39, 0.29) is 11.9 Å². The molecule has 6 heteroatoms. The van der Waals surface area contributed by atoms with Gasteiger partial charge in [-0.15, -0.1) is 0 Å². The van der Waals surface area contributed by atoms with E-state index in [1.165, 1.54) is 11.1 Å². The minimum atomic E-state index is -0.0298. The van der Waals surface area contributed by atoms with E-state index in [9.17, 15) is 4.79 Å². The molecule has 0 fully saturated rings. The van der Waals surface area contributed by atoms with Gasteiger partial charge < -0.3 is 14.7 Å². The van der Waals surface area contributed by atoms with Gasteiger partial charge in [0.1, 0.15) is 0 Å². The fourth-order valence-corrected chi connectivity index (χ4v) is 2.97. The zero-order chi connectivity index (χ0) is 19.9. The number of aryl methyl sites for hydroxylation is 2. The van der Waals surface area contributed by atoms with E-state index in [4.69, 9.17) is 4.52 Å². The van der Waals surface area contributed by atoms with Crippen molar-refractivity contribution in [2.45, 2.75) is 25.8 Å². The highest BCUT2D eigenvalue weighted by molar-refractivity contribution is 5.76. The Kier molecular flexibility index (Phi) is 6.55.